The Kier molecular flexibility index (Phi) is 4.95. The topological polar surface area (TPSA) is 83.6 Å². The highest BCUT2D eigenvalue weighted by atomic mass is 32.2. The highest BCUT2D eigenvalue weighted by Gasteiger charge is 2.33. The lowest BCUT2D eigenvalue weighted by molar-refractivity contribution is -0.141. The van der Waals surface area contributed by atoms with Gasteiger partial charge in [-0.05, 0) is 12.8 Å². The quantitative estimate of drug-likeness (QED) is 0.765. The molecule has 2 aliphatic rings. The molecule has 2 unspecified atom stereocenters. The fourth-order valence-corrected chi connectivity index (χ4v) is 6.11. The van der Waals surface area contributed by atoms with Crippen molar-refractivity contribution in [1.82, 2.24) is 10.2 Å². The monoisotopic (exact) mass is 320 g/mol. The number of hydrogen-bond donors (Lipinski definition) is 1. The first kappa shape index (κ1) is 15.6. The molecule has 2 atom stereocenters. The van der Waals surface area contributed by atoms with Crippen LogP contribution in [0.3, 0.4) is 0 Å². The molecule has 0 aromatic rings. The normalized spacial score (nSPS) is 29.2. The summed E-state index contributed by atoms with van der Waals surface area (Å²) in [6, 6.07) is -0.385. The number of nitrogens with one attached hydrogen (secondary N) is 1. The molecule has 2 heterocycles. The van der Waals surface area contributed by atoms with Gasteiger partial charge < -0.3 is 10.2 Å². The summed E-state index contributed by atoms with van der Waals surface area (Å²) in [5.74, 6) is 0.483. The van der Waals surface area contributed by atoms with Crippen LogP contribution in [-0.4, -0.2) is 66.8 Å². The molecule has 20 heavy (non-hydrogen) atoms. The van der Waals surface area contributed by atoms with E-state index in [9.17, 15) is 18.0 Å². The third-order valence-electron chi connectivity index (χ3n) is 3.67. The second-order valence-corrected chi connectivity index (χ2v) is 8.66. The summed E-state index contributed by atoms with van der Waals surface area (Å²) in [6.07, 6.45) is 1.22. The molecule has 0 spiro atoms. The molecule has 1 N–H and O–H groups in total. The van der Waals surface area contributed by atoms with Gasteiger partial charge in [0, 0.05) is 18.3 Å². The molecule has 2 saturated heterocycles. The zero-order valence-electron chi connectivity index (χ0n) is 11.5. The van der Waals surface area contributed by atoms with Crippen molar-refractivity contribution < 1.29 is 18.0 Å². The minimum Gasteiger partial charge on any atom is -0.353 e. The van der Waals surface area contributed by atoms with Crippen molar-refractivity contribution in [3.05, 3.63) is 0 Å². The number of carbonyl (C=O) groups is 2. The van der Waals surface area contributed by atoms with Crippen LogP contribution in [0.2, 0.25) is 0 Å². The predicted octanol–water partition coefficient (Wildman–Crippen LogP) is -0.356. The molecule has 0 saturated carbocycles. The Labute approximate surface area is 123 Å². The standard InChI is InChI=1S/C12H20N2O4S2/c1-2-10-12(16)13-4-5-14(10)11(15)7-19-9-3-6-20(17,18)8-9/h9-10H,2-8H2,1H3,(H,13,16). The number of amides is 2. The van der Waals surface area contributed by atoms with Crippen LogP contribution in [0.4, 0.5) is 0 Å². The molecule has 0 aromatic heterocycles. The van der Waals surface area contributed by atoms with Crippen LogP contribution in [0.1, 0.15) is 19.8 Å². The van der Waals surface area contributed by atoms with Crippen LogP contribution >= 0.6 is 11.8 Å². The Morgan fingerprint density at radius 3 is 2.85 bits per heavy atom. The lowest BCUT2D eigenvalue weighted by Crippen LogP contribution is -2.57. The summed E-state index contributed by atoms with van der Waals surface area (Å²) in [5.41, 5.74) is 0. The van der Waals surface area contributed by atoms with Crippen LogP contribution in [0.25, 0.3) is 0 Å². The number of nitrogens with zero attached hydrogens (tertiary/aromatic N) is 1. The van der Waals surface area contributed by atoms with Crippen LogP contribution < -0.4 is 5.32 Å². The molecular formula is C12H20N2O4S2. The van der Waals surface area contributed by atoms with Crippen LogP contribution in [0.15, 0.2) is 0 Å². The minimum atomic E-state index is -2.90. The van der Waals surface area contributed by atoms with Gasteiger partial charge in [0.1, 0.15) is 6.04 Å². The Hall–Kier alpha value is -0.760. The van der Waals surface area contributed by atoms with Gasteiger partial charge >= 0.3 is 0 Å². The van der Waals surface area contributed by atoms with E-state index in [1.165, 1.54) is 11.8 Å². The van der Waals surface area contributed by atoms with Gasteiger partial charge in [0.2, 0.25) is 11.8 Å². The van der Waals surface area contributed by atoms with Gasteiger partial charge in [-0.2, -0.15) is 0 Å². The minimum absolute atomic E-state index is 0.0163. The van der Waals surface area contributed by atoms with Crippen molar-refractivity contribution in [2.24, 2.45) is 0 Å². The molecule has 2 aliphatic heterocycles. The summed E-state index contributed by atoms with van der Waals surface area (Å²) >= 11 is 1.40. The van der Waals surface area contributed by atoms with E-state index in [0.29, 0.717) is 25.9 Å². The lowest BCUT2D eigenvalue weighted by Gasteiger charge is -2.34. The van der Waals surface area contributed by atoms with Gasteiger partial charge in [0.05, 0.1) is 17.3 Å². The maximum absolute atomic E-state index is 12.2. The average molecular weight is 320 g/mol. The molecule has 2 fully saturated rings. The largest absolute Gasteiger partial charge is 0.353 e. The Morgan fingerprint density at radius 1 is 1.50 bits per heavy atom. The van der Waals surface area contributed by atoms with E-state index in [-0.39, 0.29) is 40.4 Å². The van der Waals surface area contributed by atoms with E-state index < -0.39 is 9.84 Å². The first-order valence-electron chi connectivity index (χ1n) is 6.82. The van der Waals surface area contributed by atoms with Crippen molar-refractivity contribution in [2.75, 3.05) is 30.3 Å². The van der Waals surface area contributed by atoms with Crippen molar-refractivity contribution in [3.8, 4) is 0 Å². The summed E-state index contributed by atoms with van der Waals surface area (Å²) in [6.45, 7) is 2.91. The summed E-state index contributed by atoms with van der Waals surface area (Å²) in [7, 11) is -2.90. The number of hydrogen-bond acceptors (Lipinski definition) is 5. The number of rotatable bonds is 4. The Morgan fingerprint density at radius 2 is 2.25 bits per heavy atom. The average Bonchev–Trinajstić information content (AvgIpc) is 2.75. The molecule has 114 valence electrons. The van der Waals surface area contributed by atoms with E-state index in [0.717, 1.165) is 0 Å². The SMILES string of the molecule is CCC1C(=O)NCCN1C(=O)CSC1CCS(=O)(=O)C1. The third-order valence-corrected chi connectivity index (χ3v) is 6.94. The second kappa shape index (κ2) is 6.34. The smallest absolute Gasteiger partial charge is 0.242 e. The van der Waals surface area contributed by atoms with Crippen LogP contribution in [0.5, 0.6) is 0 Å². The number of thioether (sulfide) groups is 1. The van der Waals surface area contributed by atoms with E-state index in [2.05, 4.69) is 5.32 Å². The maximum atomic E-state index is 12.2. The van der Waals surface area contributed by atoms with Crippen molar-refractivity contribution in [1.29, 1.82) is 0 Å². The number of piperazine rings is 1. The molecule has 2 rings (SSSR count). The van der Waals surface area contributed by atoms with E-state index in [1.807, 2.05) is 6.92 Å². The van der Waals surface area contributed by atoms with Gasteiger partial charge in [0.25, 0.3) is 0 Å². The Bertz CT molecular complexity index is 492. The molecular weight excluding hydrogens is 300 g/mol. The van der Waals surface area contributed by atoms with Crippen LogP contribution in [0, 0.1) is 0 Å². The second-order valence-electron chi connectivity index (χ2n) is 5.14. The van der Waals surface area contributed by atoms with Crippen molar-refractivity contribution in [2.45, 2.75) is 31.1 Å². The zero-order chi connectivity index (χ0) is 14.8. The van der Waals surface area contributed by atoms with E-state index in [1.54, 1.807) is 4.90 Å². The van der Waals surface area contributed by atoms with Gasteiger partial charge in [-0.1, -0.05) is 6.92 Å². The van der Waals surface area contributed by atoms with Crippen LogP contribution in [-0.2, 0) is 19.4 Å². The van der Waals surface area contributed by atoms with Gasteiger partial charge in [0.15, 0.2) is 9.84 Å². The van der Waals surface area contributed by atoms with E-state index >= 15 is 0 Å². The summed E-state index contributed by atoms with van der Waals surface area (Å²) < 4.78 is 22.7. The van der Waals surface area contributed by atoms with Crippen molar-refractivity contribution >= 4 is 33.4 Å². The fourth-order valence-electron chi connectivity index (χ4n) is 2.58. The first-order chi connectivity index (χ1) is 9.43. The van der Waals surface area contributed by atoms with Gasteiger partial charge in [-0.3, -0.25) is 9.59 Å². The highest BCUT2D eigenvalue weighted by molar-refractivity contribution is 8.02. The molecule has 0 aromatic carbocycles. The van der Waals surface area contributed by atoms with Gasteiger partial charge in [-0.25, -0.2) is 8.42 Å². The molecule has 0 bridgehead atoms. The number of carbonyl (C=O) groups excluding carboxylic acids is 2. The molecule has 0 aliphatic carbocycles. The predicted molar refractivity (Wildman–Crippen MR) is 78.3 cm³/mol. The molecule has 8 heteroatoms. The Balaban J connectivity index is 1.86. The summed E-state index contributed by atoms with van der Waals surface area (Å²) in [5, 5.41) is 2.77. The highest BCUT2D eigenvalue weighted by Crippen LogP contribution is 2.25. The molecule has 6 nitrogen and oxygen atoms in total. The molecule has 2 amide bonds. The fraction of sp³-hybridized carbons (Fsp3) is 0.833. The van der Waals surface area contributed by atoms with Gasteiger partial charge in [-0.15, -0.1) is 11.8 Å². The first-order valence-corrected chi connectivity index (χ1v) is 9.69. The molecule has 0 radical (unpaired) electrons. The third kappa shape index (κ3) is 3.66. The van der Waals surface area contributed by atoms with Crippen molar-refractivity contribution in [3.63, 3.8) is 0 Å². The van der Waals surface area contributed by atoms with E-state index in [4.69, 9.17) is 0 Å². The number of sulfone groups is 1. The summed E-state index contributed by atoms with van der Waals surface area (Å²) in [4.78, 5) is 25.5. The maximum Gasteiger partial charge on any atom is 0.242 e. The zero-order valence-corrected chi connectivity index (χ0v) is 13.1. The lowest BCUT2D eigenvalue weighted by atomic mass is 10.1.